The van der Waals surface area contributed by atoms with Crippen molar-refractivity contribution in [3.05, 3.63) is 42.5 Å². The molecule has 25 heavy (non-hydrogen) atoms. The number of rotatable bonds is 8. The van der Waals surface area contributed by atoms with Crippen molar-refractivity contribution in [2.75, 3.05) is 19.7 Å². The van der Waals surface area contributed by atoms with Gasteiger partial charge in [-0.25, -0.2) is 4.79 Å². The van der Waals surface area contributed by atoms with E-state index in [9.17, 15) is 9.59 Å². The second-order valence-corrected chi connectivity index (χ2v) is 5.74. The lowest BCUT2D eigenvalue weighted by molar-refractivity contribution is -0.122. The number of carbonyl (C=O) groups is 2. The maximum atomic E-state index is 11.8. The highest BCUT2D eigenvalue weighted by Crippen LogP contribution is 2.24. The molecule has 0 radical (unpaired) electrons. The summed E-state index contributed by atoms with van der Waals surface area (Å²) in [6, 6.07) is 12.9. The van der Waals surface area contributed by atoms with Gasteiger partial charge in [0.25, 0.3) is 0 Å². The van der Waals surface area contributed by atoms with Gasteiger partial charge >= 0.3 is 6.03 Å². The number of fused-ring (bicyclic) bond motifs is 1. The summed E-state index contributed by atoms with van der Waals surface area (Å²) in [5.41, 5.74) is 0. The Labute approximate surface area is 147 Å². The van der Waals surface area contributed by atoms with E-state index in [4.69, 9.17) is 4.74 Å². The summed E-state index contributed by atoms with van der Waals surface area (Å²) in [5.74, 6) is 0.594. The highest BCUT2D eigenvalue weighted by Gasteiger charge is 2.14. The third-order valence-electron chi connectivity index (χ3n) is 3.68. The van der Waals surface area contributed by atoms with Crippen LogP contribution < -0.4 is 20.7 Å². The predicted octanol–water partition coefficient (Wildman–Crippen LogP) is 2.43. The van der Waals surface area contributed by atoms with Crippen LogP contribution in [0.4, 0.5) is 4.79 Å². The average molecular weight is 343 g/mol. The van der Waals surface area contributed by atoms with E-state index in [1.807, 2.05) is 49.4 Å². The zero-order chi connectivity index (χ0) is 18.1. The molecule has 2 aromatic rings. The molecule has 0 saturated heterocycles. The van der Waals surface area contributed by atoms with Crippen molar-refractivity contribution < 1.29 is 14.3 Å². The second-order valence-electron chi connectivity index (χ2n) is 5.74. The van der Waals surface area contributed by atoms with Gasteiger partial charge in [-0.2, -0.15) is 0 Å². The number of hydrogen-bond acceptors (Lipinski definition) is 3. The third kappa shape index (κ3) is 5.67. The van der Waals surface area contributed by atoms with E-state index in [-0.39, 0.29) is 11.9 Å². The molecule has 0 saturated carbocycles. The van der Waals surface area contributed by atoms with Crippen molar-refractivity contribution in [3.8, 4) is 5.75 Å². The zero-order valence-electron chi connectivity index (χ0n) is 14.7. The van der Waals surface area contributed by atoms with Crippen LogP contribution in [0.15, 0.2) is 42.5 Å². The van der Waals surface area contributed by atoms with Gasteiger partial charge in [-0.1, -0.05) is 43.3 Å². The zero-order valence-corrected chi connectivity index (χ0v) is 14.7. The van der Waals surface area contributed by atoms with Crippen LogP contribution >= 0.6 is 0 Å². The van der Waals surface area contributed by atoms with Crippen LogP contribution in [0.5, 0.6) is 5.75 Å². The molecule has 0 aliphatic carbocycles. The molecule has 0 aliphatic heterocycles. The van der Waals surface area contributed by atoms with E-state index in [0.717, 1.165) is 22.9 Å². The van der Waals surface area contributed by atoms with Gasteiger partial charge in [-0.3, -0.25) is 4.79 Å². The molecule has 3 N–H and O–H groups in total. The first-order valence-corrected chi connectivity index (χ1v) is 8.54. The van der Waals surface area contributed by atoms with Crippen molar-refractivity contribution >= 4 is 22.7 Å². The molecule has 0 aliphatic rings. The van der Waals surface area contributed by atoms with E-state index < -0.39 is 6.04 Å². The number of nitrogens with one attached hydrogen (secondary N) is 3. The van der Waals surface area contributed by atoms with Crippen molar-refractivity contribution in [1.29, 1.82) is 0 Å². The monoisotopic (exact) mass is 343 g/mol. The minimum Gasteiger partial charge on any atom is -0.491 e. The molecular formula is C19H25N3O3. The molecule has 0 heterocycles. The fraction of sp³-hybridized carbons (Fsp3) is 0.368. The van der Waals surface area contributed by atoms with Gasteiger partial charge < -0.3 is 20.7 Å². The van der Waals surface area contributed by atoms with E-state index >= 15 is 0 Å². The average Bonchev–Trinajstić information content (AvgIpc) is 2.63. The second kappa shape index (κ2) is 9.52. The Morgan fingerprint density at radius 2 is 1.80 bits per heavy atom. The normalized spacial score (nSPS) is 11.6. The summed E-state index contributed by atoms with van der Waals surface area (Å²) >= 11 is 0. The molecule has 134 valence electrons. The lowest BCUT2D eigenvalue weighted by Crippen LogP contribution is -2.49. The summed E-state index contributed by atoms with van der Waals surface area (Å²) in [4.78, 5) is 23.5. The number of urea groups is 1. The summed E-state index contributed by atoms with van der Waals surface area (Å²) in [6.45, 7) is 4.92. The van der Waals surface area contributed by atoms with Gasteiger partial charge in [0.05, 0.1) is 6.54 Å². The van der Waals surface area contributed by atoms with E-state index in [2.05, 4.69) is 16.0 Å². The topological polar surface area (TPSA) is 79.5 Å². The molecule has 2 rings (SSSR count). The molecule has 0 aromatic heterocycles. The Balaban J connectivity index is 1.73. The van der Waals surface area contributed by atoms with Crippen molar-refractivity contribution in [1.82, 2.24) is 16.0 Å². The van der Waals surface area contributed by atoms with E-state index in [0.29, 0.717) is 19.7 Å². The lowest BCUT2D eigenvalue weighted by Gasteiger charge is -2.15. The SMILES string of the molecule is CCCNC(=O)[C@@H](C)NC(=O)NCCOc1cccc2ccccc12. The van der Waals surface area contributed by atoms with Crippen LogP contribution in [0.2, 0.25) is 0 Å². The Morgan fingerprint density at radius 3 is 2.60 bits per heavy atom. The van der Waals surface area contributed by atoms with Crippen molar-refractivity contribution in [2.24, 2.45) is 0 Å². The Kier molecular flexibility index (Phi) is 7.07. The van der Waals surface area contributed by atoms with Crippen molar-refractivity contribution in [3.63, 3.8) is 0 Å². The molecule has 3 amide bonds. The number of benzene rings is 2. The molecule has 0 spiro atoms. The van der Waals surface area contributed by atoms with Crippen LogP contribution in [0.25, 0.3) is 10.8 Å². The lowest BCUT2D eigenvalue weighted by atomic mass is 10.1. The van der Waals surface area contributed by atoms with Gasteiger partial charge in [0.2, 0.25) is 5.91 Å². The summed E-state index contributed by atoms with van der Waals surface area (Å²) in [6.07, 6.45) is 0.857. The van der Waals surface area contributed by atoms with E-state index in [1.165, 1.54) is 0 Å². The molecule has 0 fully saturated rings. The Hall–Kier alpha value is -2.76. The molecule has 1 atom stereocenters. The van der Waals surface area contributed by atoms with Crippen LogP contribution in [-0.4, -0.2) is 37.7 Å². The smallest absolute Gasteiger partial charge is 0.315 e. The Morgan fingerprint density at radius 1 is 1.04 bits per heavy atom. The molecule has 0 bridgehead atoms. The number of hydrogen-bond donors (Lipinski definition) is 3. The van der Waals surface area contributed by atoms with E-state index in [1.54, 1.807) is 6.92 Å². The number of carbonyl (C=O) groups excluding carboxylic acids is 2. The highest BCUT2D eigenvalue weighted by molar-refractivity contribution is 5.88. The Bertz CT molecular complexity index is 713. The molecular weight excluding hydrogens is 318 g/mol. The van der Waals surface area contributed by atoms with Crippen molar-refractivity contribution in [2.45, 2.75) is 26.3 Å². The maximum Gasteiger partial charge on any atom is 0.315 e. The van der Waals surface area contributed by atoms with Crippen LogP contribution in [0.3, 0.4) is 0 Å². The van der Waals surface area contributed by atoms with Gasteiger partial charge in [0.15, 0.2) is 0 Å². The van der Waals surface area contributed by atoms with Crippen LogP contribution in [0.1, 0.15) is 20.3 Å². The number of ether oxygens (including phenoxy) is 1. The molecule has 6 nitrogen and oxygen atoms in total. The first kappa shape index (κ1) is 18.6. The summed E-state index contributed by atoms with van der Waals surface area (Å²) < 4.78 is 5.75. The van der Waals surface area contributed by atoms with Crippen LogP contribution in [0, 0.1) is 0 Å². The first-order chi connectivity index (χ1) is 12.1. The van der Waals surface area contributed by atoms with Gasteiger partial charge in [0, 0.05) is 11.9 Å². The molecule has 2 aromatic carbocycles. The first-order valence-electron chi connectivity index (χ1n) is 8.54. The molecule has 0 unspecified atom stereocenters. The maximum absolute atomic E-state index is 11.8. The fourth-order valence-electron chi connectivity index (χ4n) is 2.36. The minimum absolute atomic E-state index is 0.191. The fourth-order valence-corrected chi connectivity index (χ4v) is 2.36. The molecule has 6 heteroatoms. The third-order valence-corrected chi connectivity index (χ3v) is 3.68. The largest absolute Gasteiger partial charge is 0.491 e. The highest BCUT2D eigenvalue weighted by atomic mass is 16.5. The van der Waals surface area contributed by atoms with Crippen LogP contribution in [-0.2, 0) is 4.79 Å². The van der Waals surface area contributed by atoms with Gasteiger partial charge in [-0.05, 0) is 24.8 Å². The summed E-state index contributed by atoms with van der Waals surface area (Å²) in [5, 5.41) is 10.2. The van der Waals surface area contributed by atoms with Gasteiger partial charge in [-0.15, -0.1) is 0 Å². The number of amides is 3. The minimum atomic E-state index is -0.578. The quantitative estimate of drug-likeness (QED) is 0.644. The standard InChI is InChI=1S/C19H25N3O3/c1-3-11-20-18(23)14(2)22-19(24)21-12-13-25-17-10-6-8-15-7-4-5-9-16(15)17/h4-10,14H,3,11-13H2,1-2H3,(H,20,23)(H2,21,22,24)/t14-/m1/s1. The van der Waals surface area contributed by atoms with Gasteiger partial charge in [0.1, 0.15) is 18.4 Å². The predicted molar refractivity (Wildman–Crippen MR) is 98.7 cm³/mol. The summed E-state index contributed by atoms with van der Waals surface area (Å²) in [7, 11) is 0.